The van der Waals surface area contributed by atoms with E-state index in [1.807, 2.05) is 43.3 Å². The molecule has 0 atom stereocenters. The van der Waals surface area contributed by atoms with Crippen molar-refractivity contribution in [2.75, 3.05) is 5.73 Å². The SMILES string of the molecule is C=C(/C=C\C)c1cccc(N)c1. The lowest BCUT2D eigenvalue weighted by Gasteiger charge is -2.00. The minimum Gasteiger partial charge on any atom is -0.399 e. The van der Waals surface area contributed by atoms with Crippen LogP contribution in [0.2, 0.25) is 0 Å². The molecular formula is C11H13N. The highest BCUT2D eigenvalue weighted by molar-refractivity contribution is 5.73. The first-order valence-corrected chi connectivity index (χ1v) is 3.91. The second-order valence-corrected chi connectivity index (χ2v) is 2.65. The van der Waals surface area contributed by atoms with Crippen LogP contribution >= 0.6 is 0 Å². The first-order valence-electron chi connectivity index (χ1n) is 3.91. The first kappa shape index (κ1) is 8.60. The van der Waals surface area contributed by atoms with Gasteiger partial charge in [0.15, 0.2) is 0 Å². The molecule has 0 unspecified atom stereocenters. The van der Waals surface area contributed by atoms with Crippen molar-refractivity contribution in [2.45, 2.75) is 6.92 Å². The highest BCUT2D eigenvalue weighted by Crippen LogP contribution is 2.15. The lowest BCUT2D eigenvalue weighted by atomic mass is 10.1. The number of nitrogens with two attached hydrogens (primary N) is 1. The topological polar surface area (TPSA) is 26.0 Å². The Bertz CT molecular complexity index is 311. The Kier molecular flexibility index (Phi) is 2.70. The highest BCUT2D eigenvalue weighted by atomic mass is 14.5. The minimum atomic E-state index is 0.776. The van der Waals surface area contributed by atoms with Gasteiger partial charge in [-0.1, -0.05) is 30.9 Å². The minimum absolute atomic E-state index is 0.776. The smallest absolute Gasteiger partial charge is 0.0320 e. The second kappa shape index (κ2) is 3.77. The average molecular weight is 159 g/mol. The molecule has 0 saturated carbocycles. The molecule has 2 N–H and O–H groups in total. The molecule has 0 fully saturated rings. The summed E-state index contributed by atoms with van der Waals surface area (Å²) in [5, 5.41) is 0. The molecule has 1 nitrogen and oxygen atoms in total. The monoisotopic (exact) mass is 159 g/mol. The second-order valence-electron chi connectivity index (χ2n) is 2.65. The normalized spacial score (nSPS) is 10.4. The zero-order chi connectivity index (χ0) is 8.97. The van der Waals surface area contributed by atoms with Crippen LogP contribution in [-0.4, -0.2) is 0 Å². The van der Waals surface area contributed by atoms with E-state index >= 15 is 0 Å². The third-order valence-electron chi connectivity index (χ3n) is 1.63. The molecule has 12 heavy (non-hydrogen) atoms. The summed E-state index contributed by atoms with van der Waals surface area (Å²) in [7, 11) is 0. The van der Waals surface area contributed by atoms with E-state index < -0.39 is 0 Å². The van der Waals surface area contributed by atoms with Crippen LogP contribution in [0, 0.1) is 0 Å². The number of hydrogen-bond acceptors (Lipinski definition) is 1. The van der Waals surface area contributed by atoms with Crippen molar-refractivity contribution in [1.82, 2.24) is 0 Å². The predicted octanol–water partition coefficient (Wildman–Crippen LogP) is 2.86. The molecule has 0 spiro atoms. The molecule has 1 rings (SSSR count). The molecule has 1 aromatic carbocycles. The number of anilines is 1. The number of nitrogen functional groups attached to an aromatic ring is 1. The van der Waals surface area contributed by atoms with Crippen molar-refractivity contribution in [3.05, 3.63) is 48.6 Å². The maximum atomic E-state index is 5.63. The number of allylic oxidation sites excluding steroid dienone is 3. The Morgan fingerprint density at radius 3 is 2.83 bits per heavy atom. The molecule has 1 aromatic rings. The number of hydrogen-bond donors (Lipinski definition) is 1. The van der Waals surface area contributed by atoms with Crippen molar-refractivity contribution < 1.29 is 0 Å². The maximum absolute atomic E-state index is 5.63. The van der Waals surface area contributed by atoms with E-state index in [4.69, 9.17) is 5.73 Å². The highest BCUT2D eigenvalue weighted by Gasteiger charge is 1.93. The molecule has 62 valence electrons. The zero-order valence-corrected chi connectivity index (χ0v) is 7.25. The fourth-order valence-corrected chi connectivity index (χ4v) is 1.04. The first-order chi connectivity index (χ1) is 5.74. The van der Waals surface area contributed by atoms with Crippen LogP contribution in [0.5, 0.6) is 0 Å². The lowest BCUT2D eigenvalue weighted by molar-refractivity contribution is 1.61. The van der Waals surface area contributed by atoms with Crippen molar-refractivity contribution in [2.24, 2.45) is 0 Å². The third-order valence-corrected chi connectivity index (χ3v) is 1.63. The molecule has 0 aliphatic carbocycles. The fraction of sp³-hybridized carbons (Fsp3) is 0.0909. The number of rotatable bonds is 2. The Labute approximate surface area is 73.2 Å². The summed E-state index contributed by atoms with van der Waals surface area (Å²) in [6.45, 7) is 5.88. The predicted molar refractivity (Wildman–Crippen MR) is 54.7 cm³/mol. The zero-order valence-electron chi connectivity index (χ0n) is 7.25. The van der Waals surface area contributed by atoms with E-state index in [2.05, 4.69) is 6.58 Å². The van der Waals surface area contributed by atoms with Gasteiger partial charge in [0.25, 0.3) is 0 Å². The molecule has 0 saturated heterocycles. The van der Waals surface area contributed by atoms with Crippen LogP contribution in [0.15, 0.2) is 43.0 Å². The van der Waals surface area contributed by atoms with Crippen LogP contribution in [0.1, 0.15) is 12.5 Å². The molecular weight excluding hydrogens is 146 g/mol. The third kappa shape index (κ3) is 1.99. The van der Waals surface area contributed by atoms with E-state index in [0.29, 0.717) is 0 Å². The summed E-state index contributed by atoms with van der Waals surface area (Å²) < 4.78 is 0. The molecule has 0 amide bonds. The molecule has 0 bridgehead atoms. The van der Waals surface area contributed by atoms with E-state index in [1.165, 1.54) is 0 Å². The van der Waals surface area contributed by atoms with Gasteiger partial charge < -0.3 is 5.73 Å². The van der Waals surface area contributed by atoms with Gasteiger partial charge in [-0.05, 0) is 30.2 Å². The van der Waals surface area contributed by atoms with Crippen molar-refractivity contribution >= 4 is 11.3 Å². The molecule has 0 aliphatic rings. The summed E-state index contributed by atoms with van der Waals surface area (Å²) >= 11 is 0. The Balaban J connectivity index is 2.96. The van der Waals surface area contributed by atoms with Crippen LogP contribution in [0.4, 0.5) is 5.69 Å². The van der Waals surface area contributed by atoms with Crippen molar-refractivity contribution in [3.8, 4) is 0 Å². The van der Waals surface area contributed by atoms with Crippen LogP contribution in [0.3, 0.4) is 0 Å². The van der Waals surface area contributed by atoms with Crippen LogP contribution in [-0.2, 0) is 0 Å². The largest absolute Gasteiger partial charge is 0.399 e. The average Bonchev–Trinajstić information content (AvgIpc) is 2.05. The Morgan fingerprint density at radius 1 is 1.50 bits per heavy atom. The number of benzene rings is 1. The van der Waals surface area contributed by atoms with E-state index in [-0.39, 0.29) is 0 Å². The van der Waals surface area contributed by atoms with Crippen molar-refractivity contribution in [1.29, 1.82) is 0 Å². The van der Waals surface area contributed by atoms with E-state index in [1.54, 1.807) is 0 Å². The van der Waals surface area contributed by atoms with Gasteiger partial charge in [0, 0.05) is 5.69 Å². The quantitative estimate of drug-likeness (QED) is 0.521. The van der Waals surface area contributed by atoms with Gasteiger partial charge in [-0.2, -0.15) is 0 Å². The Morgan fingerprint density at radius 2 is 2.25 bits per heavy atom. The van der Waals surface area contributed by atoms with Crippen LogP contribution < -0.4 is 5.73 Å². The Hall–Kier alpha value is -1.50. The summed E-state index contributed by atoms with van der Waals surface area (Å²) in [6, 6.07) is 7.72. The lowest BCUT2D eigenvalue weighted by Crippen LogP contribution is -1.85. The van der Waals surface area contributed by atoms with Gasteiger partial charge in [-0.15, -0.1) is 0 Å². The molecule has 1 heteroatoms. The van der Waals surface area contributed by atoms with Gasteiger partial charge in [-0.25, -0.2) is 0 Å². The fourth-order valence-electron chi connectivity index (χ4n) is 1.04. The maximum Gasteiger partial charge on any atom is 0.0320 e. The molecule has 0 heterocycles. The molecule has 0 aromatic heterocycles. The standard InChI is InChI=1S/C11H13N/c1-3-5-9(2)10-6-4-7-11(12)8-10/h3-8H,2,12H2,1H3/b5-3-. The molecule has 0 radical (unpaired) electrons. The summed E-state index contributed by atoms with van der Waals surface area (Å²) in [5.41, 5.74) is 8.47. The van der Waals surface area contributed by atoms with Gasteiger partial charge in [-0.3, -0.25) is 0 Å². The van der Waals surface area contributed by atoms with Gasteiger partial charge in [0.1, 0.15) is 0 Å². The van der Waals surface area contributed by atoms with Crippen LogP contribution in [0.25, 0.3) is 5.57 Å². The van der Waals surface area contributed by atoms with E-state index in [9.17, 15) is 0 Å². The van der Waals surface area contributed by atoms with Gasteiger partial charge in [0.2, 0.25) is 0 Å². The summed E-state index contributed by atoms with van der Waals surface area (Å²) in [6.07, 6.45) is 3.93. The summed E-state index contributed by atoms with van der Waals surface area (Å²) in [5.74, 6) is 0. The van der Waals surface area contributed by atoms with Crippen molar-refractivity contribution in [3.63, 3.8) is 0 Å². The van der Waals surface area contributed by atoms with Gasteiger partial charge >= 0.3 is 0 Å². The van der Waals surface area contributed by atoms with Gasteiger partial charge in [0.05, 0.1) is 0 Å². The molecule has 0 aliphatic heterocycles. The summed E-state index contributed by atoms with van der Waals surface area (Å²) in [4.78, 5) is 0. The van der Waals surface area contributed by atoms with E-state index in [0.717, 1.165) is 16.8 Å².